The van der Waals surface area contributed by atoms with Gasteiger partial charge in [-0.3, -0.25) is 4.79 Å². The van der Waals surface area contributed by atoms with Gasteiger partial charge in [-0.1, -0.05) is 12.1 Å². The number of benzene rings is 1. The minimum atomic E-state index is -0.486. The third-order valence-electron chi connectivity index (χ3n) is 4.01. The molecule has 0 atom stereocenters. The number of carbonyl (C=O) groups is 1. The summed E-state index contributed by atoms with van der Waals surface area (Å²) in [7, 11) is 0. The van der Waals surface area contributed by atoms with Crippen molar-refractivity contribution in [2.45, 2.75) is 37.5 Å². The summed E-state index contributed by atoms with van der Waals surface area (Å²) in [5, 5.41) is 2.89. The zero-order chi connectivity index (χ0) is 14.0. The minimum absolute atomic E-state index is 0.0560. The second-order valence-electron chi connectivity index (χ2n) is 5.34. The number of ether oxygens (including phenoxy) is 2. The zero-order valence-electron chi connectivity index (χ0n) is 11.2. The molecule has 0 aromatic heterocycles. The highest BCUT2D eigenvalue weighted by Gasteiger charge is 2.40. The monoisotopic (exact) mass is 279 g/mol. The first-order chi connectivity index (χ1) is 9.69. The zero-order valence-corrected chi connectivity index (χ0v) is 11.2. The van der Waals surface area contributed by atoms with Crippen LogP contribution < -0.4 is 5.32 Å². The predicted octanol–water partition coefficient (Wildman–Crippen LogP) is 2.24. The van der Waals surface area contributed by atoms with Crippen molar-refractivity contribution in [2.24, 2.45) is 0 Å². The summed E-state index contributed by atoms with van der Waals surface area (Å²) < 4.78 is 24.8. The Bertz CT molecular complexity index is 490. The fourth-order valence-electron chi connectivity index (χ4n) is 2.90. The van der Waals surface area contributed by atoms with Crippen LogP contribution in [0.4, 0.5) is 4.39 Å². The molecule has 5 heteroatoms. The van der Waals surface area contributed by atoms with Crippen molar-refractivity contribution in [2.75, 3.05) is 13.2 Å². The second kappa shape index (κ2) is 5.50. The van der Waals surface area contributed by atoms with E-state index in [1.807, 2.05) is 0 Å². The van der Waals surface area contributed by atoms with Crippen molar-refractivity contribution < 1.29 is 18.7 Å². The molecule has 1 saturated heterocycles. The summed E-state index contributed by atoms with van der Waals surface area (Å²) >= 11 is 0. The average molecular weight is 279 g/mol. The Balaban J connectivity index is 1.57. The fraction of sp³-hybridized carbons (Fsp3) is 0.533. The lowest BCUT2D eigenvalue weighted by Crippen LogP contribution is -2.44. The van der Waals surface area contributed by atoms with Crippen LogP contribution in [-0.2, 0) is 9.47 Å². The van der Waals surface area contributed by atoms with Crippen LogP contribution in [0.2, 0.25) is 0 Å². The number of amides is 1. The van der Waals surface area contributed by atoms with Crippen LogP contribution in [0.25, 0.3) is 0 Å². The third-order valence-corrected chi connectivity index (χ3v) is 4.01. The van der Waals surface area contributed by atoms with Gasteiger partial charge in [0.05, 0.1) is 18.8 Å². The first kappa shape index (κ1) is 13.5. The number of nitrogens with one attached hydrogen (secondary N) is 1. The maximum Gasteiger partial charge on any atom is 0.254 e. The molecule has 108 valence electrons. The summed E-state index contributed by atoms with van der Waals surface area (Å²) in [5.41, 5.74) is 0.0983. The molecule has 1 aromatic carbocycles. The molecule has 1 aromatic rings. The summed E-state index contributed by atoms with van der Waals surface area (Å²) in [6, 6.07) is 6.09. The number of hydrogen-bond acceptors (Lipinski definition) is 3. The van der Waals surface area contributed by atoms with E-state index in [9.17, 15) is 9.18 Å². The van der Waals surface area contributed by atoms with Gasteiger partial charge in [0.1, 0.15) is 5.82 Å². The summed E-state index contributed by atoms with van der Waals surface area (Å²) in [4.78, 5) is 12.0. The van der Waals surface area contributed by atoms with E-state index < -0.39 is 11.6 Å². The minimum Gasteiger partial charge on any atom is -0.349 e. The molecular formula is C15H18FNO3. The van der Waals surface area contributed by atoms with E-state index in [0.29, 0.717) is 13.2 Å². The summed E-state index contributed by atoms with van der Waals surface area (Å²) in [6.45, 7) is 1.29. The van der Waals surface area contributed by atoms with Gasteiger partial charge in [-0.2, -0.15) is 0 Å². The number of carbonyl (C=O) groups excluding carboxylic acids is 1. The molecule has 20 heavy (non-hydrogen) atoms. The van der Waals surface area contributed by atoms with Gasteiger partial charge in [-0.15, -0.1) is 0 Å². The standard InChI is InChI=1S/C15H18FNO3/c16-13-4-2-1-3-12(13)14(18)17-11-5-7-15(8-6-11)19-9-10-20-15/h1-4,11H,5-10H2,(H,17,18). The first-order valence-electron chi connectivity index (χ1n) is 7.02. The molecule has 4 nitrogen and oxygen atoms in total. The van der Waals surface area contributed by atoms with E-state index >= 15 is 0 Å². The molecule has 0 radical (unpaired) electrons. The molecule has 1 spiro atoms. The van der Waals surface area contributed by atoms with Crippen molar-refractivity contribution >= 4 is 5.91 Å². The van der Waals surface area contributed by atoms with Gasteiger partial charge >= 0.3 is 0 Å². The van der Waals surface area contributed by atoms with E-state index in [0.717, 1.165) is 25.7 Å². The van der Waals surface area contributed by atoms with Crippen molar-refractivity contribution in [3.8, 4) is 0 Å². The quantitative estimate of drug-likeness (QED) is 0.903. The first-order valence-corrected chi connectivity index (χ1v) is 7.02. The van der Waals surface area contributed by atoms with E-state index in [-0.39, 0.29) is 17.5 Å². The van der Waals surface area contributed by atoms with Crippen molar-refractivity contribution in [3.05, 3.63) is 35.6 Å². The summed E-state index contributed by atoms with van der Waals surface area (Å²) in [5.74, 6) is -1.27. The Hall–Kier alpha value is -1.46. The number of halogens is 1. The van der Waals surface area contributed by atoms with Gasteiger partial charge in [0.15, 0.2) is 5.79 Å². The largest absolute Gasteiger partial charge is 0.349 e. The van der Waals surface area contributed by atoms with Crippen LogP contribution in [0.3, 0.4) is 0 Å². The summed E-state index contributed by atoms with van der Waals surface area (Å²) in [6.07, 6.45) is 3.13. The highest BCUT2D eigenvalue weighted by Crippen LogP contribution is 2.35. The Kier molecular flexibility index (Phi) is 3.72. The van der Waals surface area contributed by atoms with Crippen LogP contribution in [0, 0.1) is 5.82 Å². The van der Waals surface area contributed by atoms with Crippen LogP contribution >= 0.6 is 0 Å². The van der Waals surface area contributed by atoms with Gasteiger partial charge in [-0.05, 0) is 25.0 Å². The number of rotatable bonds is 2. The topological polar surface area (TPSA) is 47.6 Å². The maximum absolute atomic E-state index is 13.5. The molecule has 3 rings (SSSR count). The van der Waals surface area contributed by atoms with Crippen molar-refractivity contribution in [1.82, 2.24) is 5.32 Å². The Morgan fingerprint density at radius 2 is 1.85 bits per heavy atom. The lowest BCUT2D eigenvalue weighted by Gasteiger charge is -2.35. The molecule has 1 heterocycles. The van der Waals surface area contributed by atoms with Crippen molar-refractivity contribution in [3.63, 3.8) is 0 Å². The molecule has 0 unspecified atom stereocenters. The van der Waals surface area contributed by atoms with Crippen LogP contribution in [0.1, 0.15) is 36.0 Å². The molecule has 1 saturated carbocycles. The van der Waals surface area contributed by atoms with E-state index in [1.54, 1.807) is 12.1 Å². The molecule has 2 aliphatic rings. The van der Waals surface area contributed by atoms with Gasteiger partial charge in [0, 0.05) is 18.9 Å². The molecule has 1 amide bonds. The molecule has 2 fully saturated rings. The Morgan fingerprint density at radius 3 is 2.50 bits per heavy atom. The molecule has 0 bridgehead atoms. The van der Waals surface area contributed by atoms with Crippen molar-refractivity contribution in [1.29, 1.82) is 0 Å². The molecule has 1 N–H and O–H groups in total. The maximum atomic E-state index is 13.5. The van der Waals surface area contributed by atoms with Gasteiger partial charge in [0.2, 0.25) is 0 Å². The van der Waals surface area contributed by atoms with Crippen LogP contribution in [0.15, 0.2) is 24.3 Å². The molecule has 1 aliphatic carbocycles. The Labute approximate surface area is 117 Å². The van der Waals surface area contributed by atoms with E-state index in [2.05, 4.69) is 5.32 Å². The smallest absolute Gasteiger partial charge is 0.254 e. The third kappa shape index (κ3) is 2.69. The molecular weight excluding hydrogens is 261 g/mol. The highest BCUT2D eigenvalue weighted by atomic mass is 19.1. The normalized spacial score (nSPS) is 22.1. The number of hydrogen-bond donors (Lipinski definition) is 1. The van der Waals surface area contributed by atoms with Gasteiger partial charge in [0.25, 0.3) is 5.91 Å². The fourth-order valence-corrected chi connectivity index (χ4v) is 2.90. The Morgan fingerprint density at radius 1 is 1.20 bits per heavy atom. The van der Waals surface area contributed by atoms with Gasteiger partial charge in [-0.25, -0.2) is 4.39 Å². The SMILES string of the molecule is O=C(NC1CCC2(CC1)OCCO2)c1ccccc1F. The average Bonchev–Trinajstić information content (AvgIpc) is 2.90. The predicted molar refractivity (Wildman–Crippen MR) is 70.8 cm³/mol. The lowest BCUT2D eigenvalue weighted by atomic mass is 9.90. The molecule has 1 aliphatic heterocycles. The van der Waals surface area contributed by atoms with E-state index in [1.165, 1.54) is 12.1 Å². The van der Waals surface area contributed by atoms with Gasteiger partial charge < -0.3 is 14.8 Å². The van der Waals surface area contributed by atoms with Crippen LogP contribution in [-0.4, -0.2) is 30.9 Å². The highest BCUT2D eigenvalue weighted by molar-refractivity contribution is 5.94. The second-order valence-corrected chi connectivity index (χ2v) is 5.34. The lowest BCUT2D eigenvalue weighted by molar-refractivity contribution is -0.179. The van der Waals surface area contributed by atoms with Crippen LogP contribution in [0.5, 0.6) is 0 Å². The van der Waals surface area contributed by atoms with E-state index in [4.69, 9.17) is 9.47 Å².